The summed E-state index contributed by atoms with van der Waals surface area (Å²) >= 11 is 0. The molecule has 5 nitrogen and oxygen atoms in total. The largest absolute Gasteiger partial charge is 0.493 e. The van der Waals surface area contributed by atoms with Gasteiger partial charge in [0.05, 0.1) is 20.3 Å². The van der Waals surface area contributed by atoms with Crippen LogP contribution in [0.3, 0.4) is 0 Å². The quantitative estimate of drug-likeness (QED) is 0.674. The molecule has 3 aliphatic carbocycles. The van der Waals surface area contributed by atoms with Crippen molar-refractivity contribution in [2.75, 3.05) is 27.3 Å². The summed E-state index contributed by atoms with van der Waals surface area (Å²) in [6, 6.07) is 4.93. The van der Waals surface area contributed by atoms with E-state index in [1.165, 1.54) is 36.8 Å². The fourth-order valence-corrected chi connectivity index (χ4v) is 7.03. The zero-order chi connectivity index (χ0) is 22.5. The van der Waals surface area contributed by atoms with Gasteiger partial charge in [-0.2, -0.15) is 0 Å². The predicted molar refractivity (Wildman–Crippen MR) is 126 cm³/mol. The van der Waals surface area contributed by atoms with Crippen LogP contribution >= 0.6 is 0 Å². The smallest absolute Gasteiger partial charge is 0.217 e. The molecular formula is C27H38N2O3. The standard InChI is InChI=1S/C27H38N2O3/c1-5-18-12-19-6-7-20(19)13-24(18)29-10-8-27(9-11-29)16-23(28-17(2)30)21-14-25(31-3)26(32-4)15-22(21)27/h13-15,18-19,23-24H,5-12,16H2,1-4H3,(H,28,30)/t18?,19?,23-,24?/m0/s1. The Bertz CT molecular complexity index is 916. The molecule has 0 bridgehead atoms. The van der Waals surface area contributed by atoms with Gasteiger partial charge in [0, 0.05) is 18.4 Å². The van der Waals surface area contributed by atoms with Crippen LogP contribution in [0.25, 0.3) is 0 Å². The van der Waals surface area contributed by atoms with Gasteiger partial charge in [0.1, 0.15) is 0 Å². The molecule has 0 aromatic heterocycles. The predicted octanol–water partition coefficient (Wildman–Crippen LogP) is 4.75. The number of benzene rings is 1. The van der Waals surface area contributed by atoms with Gasteiger partial charge in [-0.05, 0) is 86.7 Å². The Hall–Kier alpha value is -2.01. The third-order valence-corrected chi connectivity index (χ3v) is 8.94. The molecule has 1 spiro atoms. The van der Waals surface area contributed by atoms with Crippen molar-refractivity contribution in [2.45, 2.75) is 76.3 Å². The van der Waals surface area contributed by atoms with E-state index >= 15 is 0 Å². The number of fused-ring (bicyclic) bond motifs is 3. The lowest BCUT2D eigenvalue weighted by molar-refractivity contribution is -0.119. The number of hydrogen-bond acceptors (Lipinski definition) is 4. The summed E-state index contributed by atoms with van der Waals surface area (Å²) in [6.07, 6.45) is 11.3. The number of rotatable bonds is 5. The van der Waals surface area contributed by atoms with Gasteiger partial charge in [-0.25, -0.2) is 0 Å². The first-order chi connectivity index (χ1) is 15.5. The fraction of sp³-hybridized carbons (Fsp3) is 0.667. The number of carbonyl (C=O) groups excluding carboxylic acids is 1. The van der Waals surface area contributed by atoms with E-state index in [-0.39, 0.29) is 17.4 Å². The highest BCUT2D eigenvalue weighted by atomic mass is 16.5. The van der Waals surface area contributed by atoms with Gasteiger partial charge >= 0.3 is 0 Å². The van der Waals surface area contributed by atoms with Crippen LogP contribution in [-0.4, -0.2) is 44.2 Å². The molecule has 1 saturated carbocycles. The molecule has 4 aliphatic rings. The first-order valence-electron chi connectivity index (χ1n) is 12.5. The molecule has 1 heterocycles. The van der Waals surface area contributed by atoms with Crippen LogP contribution in [-0.2, 0) is 10.2 Å². The molecule has 0 radical (unpaired) electrons. The number of amides is 1. The normalized spacial score (nSPS) is 30.7. The van der Waals surface area contributed by atoms with E-state index in [1.807, 2.05) is 0 Å². The molecule has 5 heteroatoms. The summed E-state index contributed by atoms with van der Waals surface area (Å²) in [5.74, 6) is 3.24. The van der Waals surface area contributed by atoms with E-state index in [0.717, 1.165) is 55.7 Å². The monoisotopic (exact) mass is 438 g/mol. The molecule has 1 saturated heterocycles. The molecule has 174 valence electrons. The number of ether oxygens (including phenoxy) is 2. The molecule has 32 heavy (non-hydrogen) atoms. The maximum Gasteiger partial charge on any atom is 0.217 e. The lowest BCUT2D eigenvalue weighted by atomic mass is 9.66. The van der Waals surface area contributed by atoms with Crippen molar-refractivity contribution >= 4 is 5.91 Å². The van der Waals surface area contributed by atoms with Gasteiger partial charge < -0.3 is 14.8 Å². The highest BCUT2D eigenvalue weighted by Crippen LogP contribution is 2.54. The van der Waals surface area contributed by atoms with Crippen molar-refractivity contribution in [3.63, 3.8) is 0 Å². The molecule has 4 atom stereocenters. The molecule has 3 unspecified atom stereocenters. The van der Waals surface area contributed by atoms with E-state index in [1.54, 1.807) is 26.7 Å². The van der Waals surface area contributed by atoms with Crippen LogP contribution in [0.2, 0.25) is 0 Å². The minimum atomic E-state index is 0.0277. The number of piperidine rings is 1. The van der Waals surface area contributed by atoms with Crippen molar-refractivity contribution in [3.8, 4) is 11.5 Å². The van der Waals surface area contributed by atoms with Crippen LogP contribution in [0, 0.1) is 11.8 Å². The Morgan fingerprint density at radius 3 is 2.50 bits per heavy atom. The maximum absolute atomic E-state index is 12.0. The first kappa shape index (κ1) is 21.8. The number of nitrogens with one attached hydrogen (secondary N) is 1. The second kappa shape index (κ2) is 8.40. The van der Waals surface area contributed by atoms with E-state index in [4.69, 9.17) is 9.47 Å². The van der Waals surface area contributed by atoms with Crippen LogP contribution in [0.15, 0.2) is 23.8 Å². The molecule has 1 aliphatic heterocycles. The Labute approximate surface area is 192 Å². The molecule has 1 N–H and O–H groups in total. The zero-order valence-corrected chi connectivity index (χ0v) is 20.1. The Kier molecular flexibility index (Phi) is 5.73. The molecule has 2 fully saturated rings. The average Bonchev–Trinajstić information content (AvgIpc) is 3.05. The lowest BCUT2D eigenvalue weighted by Gasteiger charge is -2.49. The Morgan fingerprint density at radius 2 is 1.91 bits per heavy atom. The van der Waals surface area contributed by atoms with Gasteiger partial charge in [-0.3, -0.25) is 9.69 Å². The van der Waals surface area contributed by atoms with Crippen LogP contribution < -0.4 is 14.8 Å². The van der Waals surface area contributed by atoms with Gasteiger partial charge in [0.15, 0.2) is 11.5 Å². The van der Waals surface area contributed by atoms with Crippen LogP contribution in [0.4, 0.5) is 0 Å². The number of likely N-dealkylation sites (tertiary alicyclic amines) is 1. The first-order valence-corrected chi connectivity index (χ1v) is 12.5. The zero-order valence-electron chi connectivity index (χ0n) is 20.1. The average molecular weight is 439 g/mol. The number of methoxy groups -OCH3 is 2. The van der Waals surface area contributed by atoms with E-state index in [0.29, 0.717) is 6.04 Å². The van der Waals surface area contributed by atoms with E-state index in [9.17, 15) is 4.79 Å². The summed E-state index contributed by atoms with van der Waals surface area (Å²) in [4.78, 5) is 14.7. The van der Waals surface area contributed by atoms with Crippen molar-refractivity contribution in [3.05, 3.63) is 34.9 Å². The fourth-order valence-electron chi connectivity index (χ4n) is 7.03. The minimum absolute atomic E-state index is 0.0277. The molecule has 1 aromatic rings. The van der Waals surface area contributed by atoms with Gasteiger partial charge in [-0.1, -0.05) is 25.0 Å². The SMILES string of the molecule is CCC1CC2CCC2=CC1N1CCC2(CC1)C[C@H](NC(C)=O)c1cc(OC)c(OC)cc12. The molecule has 1 amide bonds. The van der Waals surface area contributed by atoms with E-state index < -0.39 is 0 Å². The van der Waals surface area contributed by atoms with Crippen LogP contribution in [0.5, 0.6) is 11.5 Å². The Balaban J connectivity index is 1.41. The highest BCUT2D eigenvalue weighted by molar-refractivity contribution is 5.74. The second-order valence-electron chi connectivity index (χ2n) is 10.4. The van der Waals surface area contributed by atoms with Crippen molar-refractivity contribution in [2.24, 2.45) is 11.8 Å². The van der Waals surface area contributed by atoms with E-state index in [2.05, 4.69) is 35.3 Å². The number of allylic oxidation sites excluding steroid dienone is 1. The third-order valence-electron chi connectivity index (χ3n) is 8.94. The minimum Gasteiger partial charge on any atom is -0.493 e. The summed E-state index contributed by atoms with van der Waals surface area (Å²) < 4.78 is 11.2. The summed E-state index contributed by atoms with van der Waals surface area (Å²) in [7, 11) is 3.38. The molecule has 1 aromatic carbocycles. The summed E-state index contributed by atoms with van der Waals surface area (Å²) in [5.41, 5.74) is 4.38. The van der Waals surface area contributed by atoms with Crippen molar-refractivity contribution in [1.82, 2.24) is 10.2 Å². The second-order valence-corrected chi connectivity index (χ2v) is 10.4. The van der Waals surface area contributed by atoms with Gasteiger partial charge in [0.2, 0.25) is 5.91 Å². The number of carbonyl (C=O) groups is 1. The van der Waals surface area contributed by atoms with Gasteiger partial charge in [-0.15, -0.1) is 0 Å². The third kappa shape index (κ3) is 3.53. The highest BCUT2D eigenvalue weighted by Gasteiger charge is 2.48. The number of hydrogen-bond donors (Lipinski definition) is 1. The molecular weight excluding hydrogens is 400 g/mol. The topological polar surface area (TPSA) is 50.8 Å². The van der Waals surface area contributed by atoms with Crippen molar-refractivity contribution < 1.29 is 14.3 Å². The molecule has 5 rings (SSSR count). The van der Waals surface area contributed by atoms with Crippen LogP contribution in [0.1, 0.15) is 76.0 Å². The number of nitrogens with zero attached hydrogens (tertiary/aromatic N) is 1. The maximum atomic E-state index is 12.0. The summed E-state index contributed by atoms with van der Waals surface area (Å²) in [6.45, 7) is 6.22. The van der Waals surface area contributed by atoms with Crippen molar-refractivity contribution in [1.29, 1.82) is 0 Å². The Morgan fingerprint density at radius 1 is 1.19 bits per heavy atom. The lowest BCUT2D eigenvalue weighted by Crippen LogP contribution is -2.50. The summed E-state index contributed by atoms with van der Waals surface area (Å²) in [5, 5.41) is 3.21. The van der Waals surface area contributed by atoms with Gasteiger partial charge in [0.25, 0.3) is 0 Å².